The first kappa shape index (κ1) is 14.0. The van der Waals surface area contributed by atoms with Gasteiger partial charge in [0.15, 0.2) is 0 Å². The normalized spacial score (nSPS) is 12.3. The van der Waals surface area contributed by atoms with Crippen LogP contribution < -0.4 is 5.32 Å². The number of rotatable bonds is 6. The molecule has 0 radical (unpaired) electrons. The van der Waals surface area contributed by atoms with Crippen LogP contribution in [0.3, 0.4) is 0 Å². The van der Waals surface area contributed by atoms with E-state index in [1.54, 1.807) is 19.4 Å². The lowest BCUT2D eigenvalue weighted by atomic mass is 10.2. The molecule has 0 aromatic carbocycles. The third kappa shape index (κ3) is 2.63. The van der Waals surface area contributed by atoms with Crippen LogP contribution in [0.5, 0.6) is 0 Å². The molecule has 2 heterocycles. The predicted molar refractivity (Wildman–Crippen MR) is 74.5 cm³/mol. The summed E-state index contributed by atoms with van der Waals surface area (Å²) in [5, 5.41) is 25.3. The molecule has 2 rings (SSSR count). The van der Waals surface area contributed by atoms with Gasteiger partial charge >= 0.3 is 5.69 Å². The van der Waals surface area contributed by atoms with E-state index in [-0.39, 0.29) is 16.7 Å². The number of aromatic amines is 1. The number of nitrogens with one attached hydrogen (secondary N) is 2. The van der Waals surface area contributed by atoms with Crippen LogP contribution >= 0.6 is 0 Å². The molecule has 1 atom stereocenters. The second kappa shape index (κ2) is 5.72. The maximum Gasteiger partial charge on any atom is 0.334 e. The van der Waals surface area contributed by atoms with Crippen molar-refractivity contribution in [3.8, 4) is 0 Å². The van der Waals surface area contributed by atoms with Gasteiger partial charge in [0.1, 0.15) is 5.69 Å². The van der Waals surface area contributed by atoms with Gasteiger partial charge in [-0.1, -0.05) is 13.3 Å². The topological polar surface area (TPSA) is 102 Å². The average Bonchev–Trinajstić information content (AvgIpc) is 2.99. The first-order chi connectivity index (χ1) is 9.54. The number of H-pyrrole nitrogens is 1. The summed E-state index contributed by atoms with van der Waals surface area (Å²) < 4.78 is 1.53. The third-order valence-corrected chi connectivity index (χ3v) is 3.13. The fourth-order valence-electron chi connectivity index (χ4n) is 2.11. The van der Waals surface area contributed by atoms with Crippen molar-refractivity contribution < 1.29 is 4.92 Å². The molecular weight excluding hydrogens is 260 g/mol. The van der Waals surface area contributed by atoms with E-state index in [9.17, 15) is 10.1 Å². The lowest BCUT2D eigenvalue weighted by Gasteiger charge is -2.12. The largest absolute Gasteiger partial charge is 0.358 e. The minimum atomic E-state index is -0.373. The van der Waals surface area contributed by atoms with Gasteiger partial charge in [-0.25, -0.2) is 4.68 Å². The Morgan fingerprint density at radius 2 is 2.35 bits per heavy atom. The number of aromatic nitrogens is 4. The molecule has 8 heteroatoms. The molecule has 0 aliphatic carbocycles. The van der Waals surface area contributed by atoms with Crippen molar-refractivity contribution in [2.75, 3.05) is 5.32 Å². The Kier molecular flexibility index (Phi) is 4.02. The fraction of sp³-hybridized carbons (Fsp3) is 0.500. The van der Waals surface area contributed by atoms with Crippen LogP contribution in [-0.2, 0) is 13.5 Å². The lowest BCUT2D eigenvalue weighted by molar-refractivity contribution is -0.384. The second-order valence-electron chi connectivity index (χ2n) is 4.67. The van der Waals surface area contributed by atoms with Crippen molar-refractivity contribution in [2.24, 2.45) is 7.05 Å². The van der Waals surface area contributed by atoms with Gasteiger partial charge in [-0.2, -0.15) is 10.2 Å². The maximum atomic E-state index is 11.3. The zero-order valence-corrected chi connectivity index (χ0v) is 11.8. The first-order valence-corrected chi connectivity index (χ1v) is 6.50. The smallest absolute Gasteiger partial charge is 0.334 e. The summed E-state index contributed by atoms with van der Waals surface area (Å²) >= 11 is 0. The summed E-state index contributed by atoms with van der Waals surface area (Å²) in [6, 6.07) is -0.0997. The van der Waals surface area contributed by atoms with E-state index >= 15 is 0 Å². The van der Waals surface area contributed by atoms with Crippen LogP contribution in [-0.4, -0.2) is 24.9 Å². The number of nitro groups is 1. The van der Waals surface area contributed by atoms with Gasteiger partial charge in [0.05, 0.1) is 17.2 Å². The monoisotopic (exact) mass is 278 g/mol. The first-order valence-electron chi connectivity index (χ1n) is 6.50. The summed E-state index contributed by atoms with van der Waals surface area (Å²) in [6.07, 6.45) is 4.85. The van der Waals surface area contributed by atoms with Gasteiger partial charge in [0.25, 0.3) is 0 Å². The molecule has 0 amide bonds. The molecule has 8 nitrogen and oxygen atoms in total. The van der Waals surface area contributed by atoms with E-state index in [1.807, 2.05) is 13.8 Å². The Balaban J connectivity index is 2.33. The highest BCUT2D eigenvalue weighted by atomic mass is 16.6. The molecule has 20 heavy (non-hydrogen) atoms. The predicted octanol–water partition coefficient (Wildman–Crippen LogP) is 2.18. The minimum Gasteiger partial charge on any atom is -0.358 e. The fourth-order valence-corrected chi connectivity index (χ4v) is 2.11. The van der Waals surface area contributed by atoms with Gasteiger partial charge in [-0.15, -0.1) is 0 Å². The summed E-state index contributed by atoms with van der Waals surface area (Å²) in [7, 11) is 1.70. The highest BCUT2D eigenvalue weighted by molar-refractivity contribution is 5.60. The van der Waals surface area contributed by atoms with Crippen LogP contribution in [0.4, 0.5) is 11.5 Å². The molecule has 108 valence electrons. The van der Waals surface area contributed by atoms with E-state index in [2.05, 4.69) is 20.6 Å². The van der Waals surface area contributed by atoms with Crippen LogP contribution in [0.2, 0.25) is 0 Å². The molecule has 1 unspecified atom stereocenters. The number of aryl methyl sites for hydroxylation is 2. The highest BCUT2D eigenvalue weighted by Gasteiger charge is 2.27. The van der Waals surface area contributed by atoms with Gasteiger partial charge in [0, 0.05) is 18.8 Å². The Hall–Kier alpha value is -2.38. The molecule has 2 aromatic rings. The molecule has 0 aliphatic heterocycles. The van der Waals surface area contributed by atoms with Crippen molar-refractivity contribution in [3.05, 3.63) is 33.8 Å². The van der Waals surface area contributed by atoms with Gasteiger partial charge < -0.3 is 5.32 Å². The SMILES string of the molecule is CCCc1nn(C)c(NC(C)c2cn[nH]c2)c1[N+](=O)[O-]. The molecule has 0 aliphatic rings. The summed E-state index contributed by atoms with van der Waals surface area (Å²) in [5.74, 6) is 0.423. The van der Waals surface area contributed by atoms with Crippen LogP contribution in [0.1, 0.15) is 37.6 Å². The molecule has 0 bridgehead atoms. The van der Waals surface area contributed by atoms with Crippen LogP contribution in [0.25, 0.3) is 0 Å². The Morgan fingerprint density at radius 3 is 2.90 bits per heavy atom. The summed E-state index contributed by atoms with van der Waals surface area (Å²) in [6.45, 7) is 3.89. The second-order valence-corrected chi connectivity index (χ2v) is 4.67. The standard InChI is InChI=1S/C12H18N6O2/c1-4-5-10-11(18(19)20)12(17(3)16-10)15-8(2)9-6-13-14-7-9/h6-8,15H,4-5H2,1-3H3,(H,13,14). The van der Waals surface area contributed by atoms with Crippen molar-refractivity contribution in [1.82, 2.24) is 20.0 Å². The van der Waals surface area contributed by atoms with Crippen molar-refractivity contribution in [2.45, 2.75) is 32.7 Å². The molecule has 0 saturated heterocycles. The van der Waals surface area contributed by atoms with Gasteiger partial charge in [-0.3, -0.25) is 15.2 Å². The van der Waals surface area contributed by atoms with Gasteiger partial charge in [0.2, 0.25) is 5.82 Å². The molecule has 0 fully saturated rings. The molecule has 0 saturated carbocycles. The minimum absolute atomic E-state index is 0.0599. The van der Waals surface area contributed by atoms with Gasteiger partial charge in [-0.05, 0) is 13.3 Å². The zero-order valence-electron chi connectivity index (χ0n) is 11.8. The quantitative estimate of drug-likeness (QED) is 0.623. The number of nitrogens with zero attached hydrogens (tertiary/aromatic N) is 4. The maximum absolute atomic E-state index is 11.3. The highest BCUT2D eigenvalue weighted by Crippen LogP contribution is 2.31. The average molecular weight is 278 g/mol. The van der Waals surface area contributed by atoms with E-state index in [0.29, 0.717) is 17.9 Å². The van der Waals surface area contributed by atoms with Crippen molar-refractivity contribution in [3.63, 3.8) is 0 Å². The number of anilines is 1. The Bertz CT molecular complexity index is 589. The Morgan fingerprint density at radius 1 is 1.60 bits per heavy atom. The molecule has 2 aromatic heterocycles. The number of hydrogen-bond acceptors (Lipinski definition) is 5. The van der Waals surface area contributed by atoms with Crippen LogP contribution in [0.15, 0.2) is 12.4 Å². The summed E-state index contributed by atoms with van der Waals surface area (Å²) in [5.41, 5.74) is 1.50. The third-order valence-electron chi connectivity index (χ3n) is 3.13. The zero-order chi connectivity index (χ0) is 14.7. The van der Waals surface area contributed by atoms with E-state index in [0.717, 1.165) is 12.0 Å². The van der Waals surface area contributed by atoms with E-state index in [1.165, 1.54) is 4.68 Å². The molecule has 2 N–H and O–H groups in total. The molecule has 0 spiro atoms. The van der Waals surface area contributed by atoms with Crippen molar-refractivity contribution >= 4 is 11.5 Å². The lowest BCUT2D eigenvalue weighted by Crippen LogP contribution is -2.10. The van der Waals surface area contributed by atoms with E-state index < -0.39 is 0 Å². The van der Waals surface area contributed by atoms with Crippen LogP contribution in [0, 0.1) is 10.1 Å². The number of hydrogen-bond donors (Lipinski definition) is 2. The Labute approximate surface area is 116 Å². The van der Waals surface area contributed by atoms with Crippen molar-refractivity contribution in [1.29, 1.82) is 0 Å². The summed E-state index contributed by atoms with van der Waals surface area (Å²) in [4.78, 5) is 10.9. The van der Waals surface area contributed by atoms with E-state index in [4.69, 9.17) is 0 Å². The molecular formula is C12H18N6O2.